The van der Waals surface area contributed by atoms with Crippen molar-refractivity contribution in [2.75, 3.05) is 4.72 Å². The number of anilines is 1. The third-order valence-electron chi connectivity index (χ3n) is 2.78. The predicted molar refractivity (Wildman–Crippen MR) is 76.6 cm³/mol. The van der Waals surface area contributed by atoms with E-state index in [1.54, 1.807) is 19.9 Å². The molecule has 112 valence electrons. The number of nitrogens with two attached hydrogens (primary N) is 1. The lowest BCUT2D eigenvalue weighted by Crippen LogP contribution is -2.19. The molecular formula is C13H15FN4O2S. The van der Waals surface area contributed by atoms with Crippen LogP contribution in [0.3, 0.4) is 0 Å². The third-order valence-corrected chi connectivity index (χ3v) is 4.19. The van der Waals surface area contributed by atoms with Gasteiger partial charge in [0, 0.05) is 23.5 Å². The first-order chi connectivity index (χ1) is 9.83. The second kappa shape index (κ2) is 5.74. The molecule has 6 nitrogen and oxygen atoms in total. The van der Waals surface area contributed by atoms with E-state index in [1.165, 1.54) is 12.1 Å². The van der Waals surface area contributed by atoms with Crippen molar-refractivity contribution >= 4 is 16.0 Å². The Kier molecular flexibility index (Phi) is 4.19. The summed E-state index contributed by atoms with van der Waals surface area (Å²) in [6, 6.07) is 5.47. The predicted octanol–water partition coefficient (Wildman–Crippen LogP) is 1.49. The fourth-order valence-electron chi connectivity index (χ4n) is 1.94. The van der Waals surface area contributed by atoms with Gasteiger partial charge in [0.15, 0.2) is 0 Å². The van der Waals surface area contributed by atoms with E-state index in [0.717, 1.165) is 6.07 Å². The Balaban J connectivity index is 2.46. The maximum Gasteiger partial charge on any atom is 0.264 e. The van der Waals surface area contributed by atoms with E-state index in [4.69, 9.17) is 5.73 Å². The summed E-state index contributed by atoms with van der Waals surface area (Å²) in [5, 5.41) is 0. The van der Waals surface area contributed by atoms with Gasteiger partial charge in [-0.1, -0.05) is 6.07 Å². The second-order valence-electron chi connectivity index (χ2n) is 4.50. The largest absolute Gasteiger partial charge is 0.326 e. The number of aromatic nitrogens is 2. The molecule has 0 amide bonds. The van der Waals surface area contributed by atoms with Crippen molar-refractivity contribution in [2.45, 2.75) is 25.3 Å². The minimum atomic E-state index is -4.01. The summed E-state index contributed by atoms with van der Waals surface area (Å²) in [4.78, 5) is 7.78. The lowest BCUT2D eigenvalue weighted by Gasteiger charge is -2.11. The molecule has 3 N–H and O–H groups in total. The van der Waals surface area contributed by atoms with Crippen LogP contribution in [0.15, 0.2) is 29.2 Å². The van der Waals surface area contributed by atoms with Gasteiger partial charge < -0.3 is 5.73 Å². The lowest BCUT2D eigenvalue weighted by atomic mass is 10.2. The maximum absolute atomic E-state index is 13.6. The first kappa shape index (κ1) is 15.3. The summed E-state index contributed by atoms with van der Waals surface area (Å²) in [5.41, 5.74) is 6.60. The van der Waals surface area contributed by atoms with Crippen LogP contribution in [0.2, 0.25) is 0 Å². The molecule has 0 fully saturated rings. The van der Waals surface area contributed by atoms with Crippen LogP contribution in [0.1, 0.15) is 17.0 Å². The molecule has 1 heterocycles. The molecule has 0 saturated heterocycles. The number of nitrogens with zero attached hydrogens (tertiary/aromatic N) is 2. The number of sulfonamides is 1. The minimum absolute atomic E-state index is 0.0558. The molecule has 1 aromatic carbocycles. The van der Waals surface area contributed by atoms with Crippen molar-refractivity contribution < 1.29 is 12.8 Å². The van der Waals surface area contributed by atoms with Gasteiger partial charge in [0.1, 0.15) is 5.82 Å². The molecule has 0 bridgehead atoms. The Bertz CT molecular complexity index is 757. The van der Waals surface area contributed by atoms with E-state index in [9.17, 15) is 12.8 Å². The van der Waals surface area contributed by atoms with Crippen molar-refractivity contribution in [3.63, 3.8) is 0 Å². The Morgan fingerprint density at radius 1 is 1.24 bits per heavy atom. The van der Waals surface area contributed by atoms with Crippen LogP contribution in [-0.2, 0) is 16.6 Å². The fourth-order valence-corrected chi connectivity index (χ4v) is 3.14. The monoisotopic (exact) mass is 310 g/mol. The molecule has 0 aliphatic rings. The molecule has 0 saturated carbocycles. The first-order valence-electron chi connectivity index (χ1n) is 6.16. The van der Waals surface area contributed by atoms with Crippen LogP contribution in [-0.4, -0.2) is 18.4 Å². The maximum atomic E-state index is 13.6. The number of benzene rings is 1. The number of hydrogen-bond acceptors (Lipinski definition) is 5. The van der Waals surface area contributed by atoms with Gasteiger partial charge in [-0.2, -0.15) is 0 Å². The fraction of sp³-hybridized carbons (Fsp3) is 0.231. The standard InChI is InChI=1S/C13H15FN4O2S/c1-8-6-9(2)17-13(16-8)18-21(19,20)12-5-3-4-11(14)10(12)7-15/h3-6H,7,15H2,1-2H3,(H,16,17,18). The highest BCUT2D eigenvalue weighted by molar-refractivity contribution is 7.92. The highest BCUT2D eigenvalue weighted by atomic mass is 32.2. The minimum Gasteiger partial charge on any atom is -0.326 e. The smallest absolute Gasteiger partial charge is 0.264 e. The summed E-state index contributed by atoms with van der Waals surface area (Å²) < 4.78 is 40.6. The lowest BCUT2D eigenvalue weighted by molar-refractivity contribution is 0.585. The Morgan fingerprint density at radius 3 is 2.43 bits per heavy atom. The van der Waals surface area contributed by atoms with E-state index in [2.05, 4.69) is 14.7 Å². The Labute approximate surface area is 122 Å². The van der Waals surface area contributed by atoms with Gasteiger partial charge in [-0.25, -0.2) is 27.5 Å². The number of halogens is 1. The average Bonchev–Trinajstić information content (AvgIpc) is 2.36. The van der Waals surface area contributed by atoms with Crippen molar-refractivity contribution in [3.8, 4) is 0 Å². The number of rotatable bonds is 4. The topological polar surface area (TPSA) is 98.0 Å². The third kappa shape index (κ3) is 3.34. The van der Waals surface area contributed by atoms with Crippen molar-refractivity contribution in [1.29, 1.82) is 0 Å². The van der Waals surface area contributed by atoms with Crippen LogP contribution in [0.5, 0.6) is 0 Å². The van der Waals surface area contributed by atoms with E-state index in [1.807, 2.05) is 0 Å². The number of nitrogens with one attached hydrogen (secondary N) is 1. The molecule has 2 rings (SSSR count). The quantitative estimate of drug-likeness (QED) is 0.891. The van der Waals surface area contributed by atoms with Gasteiger partial charge in [0.2, 0.25) is 5.95 Å². The zero-order valence-electron chi connectivity index (χ0n) is 11.6. The SMILES string of the molecule is Cc1cc(C)nc(NS(=O)(=O)c2cccc(F)c2CN)n1. The zero-order valence-corrected chi connectivity index (χ0v) is 12.4. The highest BCUT2D eigenvalue weighted by Crippen LogP contribution is 2.20. The Hall–Kier alpha value is -2.06. The van der Waals surface area contributed by atoms with Gasteiger partial charge >= 0.3 is 0 Å². The molecule has 0 spiro atoms. The van der Waals surface area contributed by atoms with E-state index >= 15 is 0 Å². The molecule has 0 radical (unpaired) electrons. The normalized spacial score (nSPS) is 11.4. The van der Waals surface area contributed by atoms with E-state index in [-0.39, 0.29) is 23.0 Å². The molecule has 1 aromatic heterocycles. The zero-order chi connectivity index (χ0) is 15.6. The summed E-state index contributed by atoms with van der Waals surface area (Å²) >= 11 is 0. The molecule has 0 unspecified atom stereocenters. The van der Waals surface area contributed by atoms with Crippen molar-refractivity contribution in [3.05, 3.63) is 47.0 Å². The highest BCUT2D eigenvalue weighted by Gasteiger charge is 2.21. The van der Waals surface area contributed by atoms with Gasteiger partial charge in [-0.3, -0.25) is 0 Å². The summed E-state index contributed by atoms with van der Waals surface area (Å²) in [6.45, 7) is 3.22. The van der Waals surface area contributed by atoms with Crippen LogP contribution < -0.4 is 10.5 Å². The Morgan fingerprint density at radius 2 is 1.86 bits per heavy atom. The summed E-state index contributed by atoms with van der Waals surface area (Å²) in [7, 11) is -4.01. The first-order valence-corrected chi connectivity index (χ1v) is 7.64. The van der Waals surface area contributed by atoms with Gasteiger partial charge in [0.25, 0.3) is 10.0 Å². The molecule has 0 atom stereocenters. The summed E-state index contributed by atoms with van der Waals surface area (Å²) in [6.07, 6.45) is 0. The molecule has 2 aromatic rings. The molecule has 21 heavy (non-hydrogen) atoms. The van der Waals surface area contributed by atoms with Gasteiger partial charge in [0.05, 0.1) is 4.90 Å². The van der Waals surface area contributed by atoms with E-state index in [0.29, 0.717) is 11.4 Å². The molecule has 8 heteroatoms. The van der Waals surface area contributed by atoms with Crippen LogP contribution in [0.25, 0.3) is 0 Å². The number of aryl methyl sites for hydroxylation is 2. The van der Waals surface area contributed by atoms with Crippen LogP contribution >= 0.6 is 0 Å². The van der Waals surface area contributed by atoms with Crippen molar-refractivity contribution in [2.24, 2.45) is 5.73 Å². The molecular weight excluding hydrogens is 295 g/mol. The van der Waals surface area contributed by atoms with Crippen LogP contribution in [0.4, 0.5) is 10.3 Å². The second-order valence-corrected chi connectivity index (χ2v) is 6.15. The van der Waals surface area contributed by atoms with Crippen LogP contribution in [0, 0.1) is 19.7 Å². The summed E-state index contributed by atoms with van der Waals surface area (Å²) in [5.74, 6) is -0.721. The van der Waals surface area contributed by atoms with E-state index < -0.39 is 15.8 Å². The average molecular weight is 310 g/mol. The number of hydrogen-bond donors (Lipinski definition) is 2. The van der Waals surface area contributed by atoms with Gasteiger partial charge in [-0.05, 0) is 32.0 Å². The van der Waals surface area contributed by atoms with Gasteiger partial charge in [-0.15, -0.1) is 0 Å². The van der Waals surface area contributed by atoms with Crippen molar-refractivity contribution in [1.82, 2.24) is 9.97 Å². The molecule has 0 aliphatic heterocycles. The molecule has 0 aliphatic carbocycles.